The Morgan fingerprint density at radius 2 is 1.89 bits per heavy atom. The Kier molecular flexibility index (Phi) is 3.98. The zero-order valence-electron chi connectivity index (χ0n) is 9.34. The van der Waals surface area contributed by atoms with E-state index in [-0.39, 0.29) is 0 Å². The number of aromatic carboxylic acids is 1. The van der Waals surface area contributed by atoms with E-state index in [1.807, 2.05) is 0 Å². The van der Waals surface area contributed by atoms with Crippen molar-refractivity contribution >= 4 is 17.6 Å². The lowest BCUT2D eigenvalue weighted by Gasteiger charge is -2.13. The number of nitrogens with one attached hydrogen (secondary N) is 1. The first-order valence-corrected chi connectivity index (χ1v) is 4.66. The number of rotatable bonds is 3. The Hall–Kier alpha value is -2.32. The summed E-state index contributed by atoms with van der Waals surface area (Å²) in [6, 6.07) is 1.73. The molecular weight excluding hydrogens is 274 g/mol. The molecule has 2 N–H and O–H groups in total. The number of carboxylic acid groups (broad SMARTS) is 1. The zero-order valence-corrected chi connectivity index (χ0v) is 9.34. The highest BCUT2D eigenvalue weighted by Crippen LogP contribution is 2.31. The van der Waals surface area contributed by atoms with Gasteiger partial charge in [-0.2, -0.15) is 13.2 Å². The average molecular weight is 281 g/mol. The fourth-order valence-electron chi connectivity index (χ4n) is 1.19. The number of ether oxygens (including phenoxy) is 1. The minimum Gasteiger partial charge on any atom is -0.494 e. The van der Waals surface area contributed by atoms with E-state index >= 15 is 0 Å². The SMILES string of the molecule is COc1ccc(C(=O)O)c(F)c1NC(=O)C(F)(F)F. The van der Waals surface area contributed by atoms with E-state index in [0.717, 1.165) is 19.2 Å². The summed E-state index contributed by atoms with van der Waals surface area (Å²) in [7, 11) is 1.03. The number of amides is 1. The van der Waals surface area contributed by atoms with Gasteiger partial charge in [-0.1, -0.05) is 0 Å². The van der Waals surface area contributed by atoms with Crippen molar-refractivity contribution in [1.82, 2.24) is 0 Å². The number of carbonyl (C=O) groups excluding carboxylic acids is 1. The van der Waals surface area contributed by atoms with E-state index in [4.69, 9.17) is 5.11 Å². The predicted octanol–water partition coefficient (Wildman–Crippen LogP) is 2.03. The molecule has 0 aliphatic heterocycles. The number of carboxylic acids is 1. The van der Waals surface area contributed by atoms with Crippen molar-refractivity contribution in [2.75, 3.05) is 12.4 Å². The van der Waals surface area contributed by atoms with Gasteiger partial charge in [-0.25, -0.2) is 9.18 Å². The summed E-state index contributed by atoms with van der Waals surface area (Å²) in [6.45, 7) is 0. The van der Waals surface area contributed by atoms with Crippen LogP contribution in [0.25, 0.3) is 0 Å². The van der Waals surface area contributed by atoms with Gasteiger partial charge in [-0.05, 0) is 12.1 Å². The number of halogens is 4. The first-order chi connectivity index (χ1) is 8.68. The molecule has 0 spiro atoms. The molecule has 0 saturated carbocycles. The molecule has 0 aliphatic carbocycles. The number of carbonyl (C=O) groups is 2. The maximum Gasteiger partial charge on any atom is 0.471 e. The molecule has 1 aromatic rings. The minimum absolute atomic E-state index is 0.430. The number of alkyl halides is 3. The van der Waals surface area contributed by atoms with E-state index in [0.29, 0.717) is 0 Å². The van der Waals surface area contributed by atoms with Gasteiger partial charge < -0.3 is 15.2 Å². The molecular formula is C10H7F4NO4. The summed E-state index contributed by atoms with van der Waals surface area (Å²) in [4.78, 5) is 21.4. The molecule has 5 nitrogen and oxygen atoms in total. The van der Waals surface area contributed by atoms with E-state index < -0.39 is 40.9 Å². The van der Waals surface area contributed by atoms with Gasteiger partial charge >= 0.3 is 18.1 Å². The molecule has 0 aliphatic rings. The van der Waals surface area contributed by atoms with E-state index in [2.05, 4.69) is 4.74 Å². The molecule has 0 bridgehead atoms. The van der Waals surface area contributed by atoms with Gasteiger partial charge in [0.25, 0.3) is 0 Å². The molecule has 9 heteroatoms. The number of hydrogen-bond donors (Lipinski definition) is 2. The van der Waals surface area contributed by atoms with Crippen LogP contribution >= 0.6 is 0 Å². The summed E-state index contributed by atoms with van der Waals surface area (Å²) in [5.74, 6) is -6.08. The fourth-order valence-corrected chi connectivity index (χ4v) is 1.19. The second kappa shape index (κ2) is 5.12. The van der Waals surface area contributed by atoms with Crippen LogP contribution < -0.4 is 10.1 Å². The van der Waals surface area contributed by atoms with E-state index in [1.54, 1.807) is 0 Å². The molecule has 0 atom stereocenters. The quantitative estimate of drug-likeness (QED) is 0.831. The van der Waals surface area contributed by atoms with Crippen LogP contribution in [0.5, 0.6) is 5.75 Å². The van der Waals surface area contributed by atoms with Crippen LogP contribution in [0.3, 0.4) is 0 Å². The first-order valence-electron chi connectivity index (χ1n) is 4.66. The van der Waals surface area contributed by atoms with E-state index in [9.17, 15) is 27.2 Å². The zero-order chi connectivity index (χ0) is 14.8. The van der Waals surface area contributed by atoms with Gasteiger partial charge in [0.2, 0.25) is 0 Å². The fraction of sp³-hybridized carbons (Fsp3) is 0.200. The lowest BCUT2D eigenvalue weighted by Crippen LogP contribution is -2.30. The van der Waals surface area contributed by atoms with Crippen LogP contribution in [0, 0.1) is 5.82 Å². The first kappa shape index (κ1) is 14.7. The molecule has 0 fully saturated rings. The van der Waals surface area contributed by atoms with Gasteiger partial charge in [0.05, 0.1) is 12.7 Å². The Bertz CT molecular complexity index is 527. The van der Waals surface area contributed by atoms with Crippen LogP contribution in [-0.4, -0.2) is 30.3 Å². The lowest BCUT2D eigenvalue weighted by molar-refractivity contribution is -0.167. The second-order valence-electron chi connectivity index (χ2n) is 3.26. The summed E-state index contributed by atoms with van der Waals surface area (Å²) < 4.78 is 54.4. The molecule has 0 heterocycles. The van der Waals surface area contributed by atoms with Crippen LogP contribution in [0.15, 0.2) is 12.1 Å². The van der Waals surface area contributed by atoms with E-state index in [1.165, 1.54) is 5.32 Å². The highest BCUT2D eigenvalue weighted by molar-refractivity contribution is 5.98. The average Bonchev–Trinajstić information content (AvgIpc) is 2.29. The molecule has 19 heavy (non-hydrogen) atoms. The normalized spacial score (nSPS) is 11.0. The monoisotopic (exact) mass is 281 g/mol. The number of benzene rings is 1. The summed E-state index contributed by atoms with van der Waals surface area (Å²) >= 11 is 0. The van der Waals surface area contributed by atoms with Gasteiger partial charge in [0, 0.05) is 0 Å². The Labute approximate surface area is 103 Å². The van der Waals surface area contributed by atoms with Crippen molar-refractivity contribution in [3.05, 3.63) is 23.5 Å². The van der Waals surface area contributed by atoms with Crippen molar-refractivity contribution in [3.8, 4) is 5.75 Å². The smallest absolute Gasteiger partial charge is 0.471 e. The number of hydrogen-bond acceptors (Lipinski definition) is 3. The number of anilines is 1. The third-order valence-electron chi connectivity index (χ3n) is 2.05. The summed E-state index contributed by atoms with van der Waals surface area (Å²) in [6.07, 6.45) is -5.24. The van der Waals surface area contributed by atoms with Crippen molar-refractivity contribution in [1.29, 1.82) is 0 Å². The molecule has 1 rings (SSSR count). The van der Waals surface area contributed by atoms with Gasteiger partial charge in [0.1, 0.15) is 11.4 Å². The largest absolute Gasteiger partial charge is 0.494 e. The molecule has 104 valence electrons. The van der Waals surface area contributed by atoms with Crippen LogP contribution in [-0.2, 0) is 4.79 Å². The lowest BCUT2D eigenvalue weighted by atomic mass is 10.1. The van der Waals surface area contributed by atoms with Gasteiger partial charge in [0.15, 0.2) is 5.82 Å². The molecule has 1 aromatic carbocycles. The van der Waals surface area contributed by atoms with Crippen molar-refractivity contribution < 1.29 is 37.0 Å². The molecule has 0 saturated heterocycles. The van der Waals surface area contributed by atoms with Crippen LogP contribution in [0.4, 0.5) is 23.2 Å². The Morgan fingerprint density at radius 3 is 2.32 bits per heavy atom. The van der Waals surface area contributed by atoms with Gasteiger partial charge in [-0.3, -0.25) is 4.79 Å². The maximum absolute atomic E-state index is 13.7. The third kappa shape index (κ3) is 3.12. The summed E-state index contributed by atoms with van der Waals surface area (Å²) in [5, 5.41) is 9.87. The number of methoxy groups -OCH3 is 1. The topological polar surface area (TPSA) is 75.6 Å². The van der Waals surface area contributed by atoms with Crippen molar-refractivity contribution in [3.63, 3.8) is 0 Å². The van der Waals surface area contributed by atoms with Crippen molar-refractivity contribution in [2.24, 2.45) is 0 Å². The minimum atomic E-state index is -5.24. The molecule has 0 aromatic heterocycles. The predicted molar refractivity (Wildman–Crippen MR) is 54.6 cm³/mol. The Morgan fingerprint density at radius 1 is 1.32 bits per heavy atom. The second-order valence-corrected chi connectivity index (χ2v) is 3.26. The highest BCUT2D eigenvalue weighted by atomic mass is 19.4. The van der Waals surface area contributed by atoms with Crippen molar-refractivity contribution in [2.45, 2.75) is 6.18 Å². The molecule has 1 amide bonds. The highest BCUT2D eigenvalue weighted by Gasteiger charge is 2.39. The standard InChI is InChI=1S/C10H7F4NO4/c1-19-5-3-2-4(8(16)17)6(11)7(5)15-9(18)10(12,13)14/h2-3H,1H3,(H,15,18)(H,16,17). The van der Waals surface area contributed by atoms with Crippen LogP contribution in [0.1, 0.15) is 10.4 Å². The molecule has 0 radical (unpaired) electrons. The summed E-state index contributed by atoms with van der Waals surface area (Å²) in [5.41, 5.74) is -1.87. The Balaban J connectivity index is 3.28. The van der Waals surface area contributed by atoms with Crippen LogP contribution in [0.2, 0.25) is 0 Å². The maximum atomic E-state index is 13.7. The third-order valence-corrected chi connectivity index (χ3v) is 2.05. The molecule has 0 unspecified atom stereocenters. The van der Waals surface area contributed by atoms with Gasteiger partial charge in [-0.15, -0.1) is 0 Å².